The van der Waals surface area contributed by atoms with E-state index in [1.54, 1.807) is 11.8 Å². The third-order valence-corrected chi connectivity index (χ3v) is 2.98. The van der Waals surface area contributed by atoms with Crippen molar-refractivity contribution in [2.75, 3.05) is 12.3 Å². The molecule has 2 N–H and O–H groups in total. The van der Waals surface area contributed by atoms with Crippen LogP contribution in [0, 0.1) is 0 Å². The molecule has 0 unspecified atom stereocenters. The molecule has 0 fully saturated rings. The molecule has 1 nitrogen and oxygen atoms in total. The molecule has 0 aliphatic rings. The van der Waals surface area contributed by atoms with Crippen LogP contribution >= 0.6 is 23.4 Å². The number of nitrogens with two attached hydrogens (primary N) is 1. The molecule has 0 spiro atoms. The maximum absolute atomic E-state index is 6.08. The molecule has 72 valence electrons. The van der Waals surface area contributed by atoms with Gasteiger partial charge in [-0.05, 0) is 36.4 Å². The highest BCUT2D eigenvalue weighted by atomic mass is 35.5. The number of thioether (sulfide) groups is 1. The Morgan fingerprint density at radius 2 is 2.23 bits per heavy atom. The fraction of sp³-hybridized carbons (Fsp3) is 0.400. The molecular formula is C10H14ClNS. The van der Waals surface area contributed by atoms with Crippen LogP contribution in [0.5, 0.6) is 0 Å². The molecular weight excluding hydrogens is 202 g/mol. The van der Waals surface area contributed by atoms with E-state index < -0.39 is 0 Å². The minimum atomic E-state index is 0.653. The maximum Gasteiger partial charge on any atom is 0.0449 e. The average molecular weight is 216 g/mol. The fourth-order valence-corrected chi connectivity index (χ4v) is 2.18. The van der Waals surface area contributed by atoms with Gasteiger partial charge in [-0.1, -0.05) is 24.6 Å². The first-order valence-corrected chi connectivity index (χ1v) is 5.75. The number of hydrogen-bond acceptors (Lipinski definition) is 2. The van der Waals surface area contributed by atoms with Crippen LogP contribution in [-0.4, -0.2) is 12.3 Å². The van der Waals surface area contributed by atoms with E-state index in [4.69, 9.17) is 17.3 Å². The summed E-state index contributed by atoms with van der Waals surface area (Å²) in [5.41, 5.74) is 6.61. The predicted octanol–water partition coefficient (Wildman–Crippen LogP) is 2.95. The summed E-state index contributed by atoms with van der Waals surface area (Å²) in [4.78, 5) is 1.23. The van der Waals surface area contributed by atoms with Crippen LogP contribution in [0.25, 0.3) is 0 Å². The molecule has 0 heterocycles. The zero-order valence-corrected chi connectivity index (χ0v) is 9.29. The SMILES string of the molecule is CCSc1ccc(CCN)c(Cl)c1. The number of halogens is 1. The molecule has 0 aliphatic heterocycles. The molecule has 0 atom stereocenters. The Hall–Kier alpha value is -0.180. The third kappa shape index (κ3) is 3.22. The van der Waals surface area contributed by atoms with E-state index in [2.05, 4.69) is 19.1 Å². The van der Waals surface area contributed by atoms with E-state index >= 15 is 0 Å². The Morgan fingerprint density at radius 1 is 1.46 bits per heavy atom. The first-order chi connectivity index (χ1) is 6.27. The third-order valence-electron chi connectivity index (χ3n) is 1.75. The largest absolute Gasteiger partial charge is 0.330 e. The van der Waals surface area contributed by atoms with E-state index in [9.17, 15) is 0 Å². The second-order valence-electron chi connectivity index (χ2n) is 2.72. The van der Waals surface area contributed by atoms with Gasteiger partial charge in [0.25, 0.3) is 0 Å². The lowest BCUT2D eigenvalue weighted by atomic mass is 10.1. The van der Waals surface area contributed by atoms with Crippen molar-refractivity contribution in [3.05, 3.63) is 28.8 Å². The van der Waals surface area contributed by atoms with Crippen molar-refractivity contribution in [2.45, 2.75) is 18.2 Å². The van der Waals surface area contributed by atoms with Crippen LogP contribution < -0.4 is 5.73 Å². The molecule has 0 saturated heterocycles. The van der Waals surface area contributed by atoms with E-state index in [-0.39, 0.29) is 0 Å². The van der Waals surface area contributed by atoms with E-state index in [1.807, 2.05) is 6.07 Å². The molecule has 0 aromatic heterocycles. The summed E-state index contributed by atoms with van der Waals surface area (Å²) in [5, 5.41) is 0.837. The summed E-state index contributed by atoms with van der Waals surface area (Å²) >= 11 is 7.88. The molecule has 0 radical (unpaired) electrons. The normalized spacial score (nSPS) is 10.4. The van der Waals surface area contributed by atoms with Crippen molar-refractivity contribution in [3.63, 3.8) is 0 Å². The molecule has 0 aliphatic carbocycles. The van der Waals surface area contributed by atoms with Crippen LogP contribution in [0.15, 0.2) is 23.1 Å². The quantitative estimate of drug-likeness (QED) is 0.782. The van der Waals surface area contributed by atoms with Crippen molar-refractivity contribution in [2.24, 2.45) is 5.73 Å². The zero-order valence-electron chi connectivity index (χ0n) is 7.72. The lowest BCUT2D eigenvalue weighted by Gasteiger charge is -2.04. The van der Waals surface area contributed by atoms with Crippen molar-refractivity contribution in [1.82, 2.24) is 0 Å². The van der Waals surface area contributed by atoms with Gasteiger partial charge in [-0.3, -0.25) is 0 Å². The Bertz CT molecular complexity index is 276. The van der Waals surface area contributed by atoms with Crippen LogP contribution in [0.3, 0.4) is 0 Å². The minimum absolute atomic E-state index is 0.653. The summed E-state index contributed by atoms with van der Waals surface area (Å²) < 4.78 is 0. The van der Waals surface area contributed by atoms with Gasteiger partial charge in [0, 0.05) is 9.92 Å². The summed E-state index contributed by atoms with van der Waals surface area (Å²) in [6, 6.07) is 6.18. The summed E-state index contributed by atoms with van der Waals surface area (Å²) in [7, 11) is 0. The van der Waals surface area contributed by atoms with Crippen molar-refractivity contribution < 1.29 is 0 Å². The zero-order chi connectivity index (χ0) is 9.68. The maximum atomic E-state index is 6.08. The summed E-state index contributed by atoms with van der Waals surface area (Å²) in [6.45, 7) is 2.78. The van der Waals surface area contributed by atoms with Gasteiger partial charge in [-0.2, -0.15) is 0 Å². The molecule has 1 rings (SSSR count). The van der Waals surface area contributed by atoms with E-state index in [0.29, 0.717) is 6.54 Å². The van der Waals surface area contributed by atoms with E-state index in [0.717, 1.165) is 22.8 Å². The molecule has 13 heavy (non-hydrogen) atoms. The Balaban J connectivity index is 2.79. The van der Waals surface area contributed by atoms with Crippen LogP contribution in [0.1, 0.15) is 12.5 Å². The molecule has 0 amide bonds. The molecule has 0 saturated carbocycles. The van der Waals surface area contributed by atoms with Gasteiger partial charge in [0.1, 0.15) is 0 Å². The lowest BCUT2D eigenvalue weighted by molar-refractivity contribution is 0.967. The number of hydrogen-bond donors (Lipinski definition) is 1. The number of benzene rings is 1. The van der Waals surface area contributed by atoms with Gasteiger partial charge in [-0.15, -0.1) is 11.8 Å². The van der Waals surface area contributed by atoms with Crippen LogP contribution in [0.2, 0.25) is 5.02 Å². The summed E-state index contributed by atoms with van der Waals surface area (Å²) in [6.07, 6.45) is 0.857. The van der Waals surface area contributed by atoms with Crippen molar-refractivity contribution >= 4 is 23.4 Å². The van der Waals surface area contributed by atoms with Gasteiger partial charge in [0.2, 0.25) is 0 Å². The first-order valence-electron chi connectivity index (χ1n) is 4.39. The molecule has 0 bridgehead atoms. The fourth-order valence-electron chi connectivity index (χ4n) is 1.14. The highest BCUT2D eigenvalue weighted by Gasteiger charge is 2.00. The second kappa shape index (κ2) is 5.53. The molecule has 3 heteroatoms. The Kier molecular flexibility index (Phi) is 4.64. The number of rotatable bonds is 4. The van der Waals surface area contributed by atoms with Gasteiger partial charge in [-0.25, -0.2) is 0 Å². The minimum Gasteiger partial charge on any atom is -0.330 e. The Morgan fingerprint density at radius 3 is 2.77 bits per heavy atom. The monoisotopic (exact) mass is 215 g/mol. The van der Waals surface area contributed by atoms with Gasteiger partial charge < -0.3 is 5.73 Å². The average Bonchev–Trinajstić information content (AvgIpc) is 2.10. The molecule has 1 aromatic carbocycles. The highest BCUT2D eigenvalue weighted by Crippen LogP contribution is 2.24. The first kappa shape index (κ1) is 10.9. The Labute approximate surface area is 88.7 Å². The van der Waals surface area contributed by atoms with Crippen molar-refractivity contribution in [3.8, 4) is 0 Å². The standard InChI is InChI=1S/C10H14ClNS/c1-2-13-9-4-3-8(5-6-12)10(11)7-9/h3-4,7H,2,5-6,12H2,1H3. The van der Waals surface area contributed by atoms with E-state index in [1.165, 1.54) is 4.90 Å². The van der Waals surface area contributed by atoms with Crippen molar-refractivity contribution in [1.29, 1.82) is 0 Å². The highest BCUT2D eigenvalue weighted by molar-refractivity contribution is 7.99. The predicted molar refractivity (Wildman–Crippen MR) is 60.6 cm³/mol. The molecule has 1 aromatic rings. The van der Waals surface area contributed by atoms with Crippen LogP contribution in [-0.2, 0) is 6.42 Å². The smallest absolute Gasteiger partial charge is 0.0449 e. The lowest BCUT2D eigenvalue weighted by Crippen LogP contribution is -2.02. The summed E-state index contributed by atoms with van der Waals surface area (Å²) in [5.74, 6) is 1.08. The van der Waals surface area contributed by atoms with Gasteiger partial charge in [0.15, 0.2) is 0 Å². The van der Waals surface area contributed by atoms with Crippen LogP contribution in [0.4, 0.5) is 0 Å². The second-order valence-corrected chi connectivity index (χ2v) is 4.47. The van der Waals surface area contributed by atoms with Gasteiger partial charge in [0.05, 0.1) is 0 Å². The van der Waals surface area contributed by atoms with Gasteiger partial charge >= 0.3 is 0 Å². The topological polar surface area (TPSA) is 26.0 Å².